The molecule has 0 unspecified atom stereocenters. The molecule has 0 heterocycles. The van der Waals surface area contributed by atoms with Crippen molar-refractivity contribution in [2.75, 3.05) is 6.61 Å². The minimum atomic E-state index is -1.42. The fourth-order valence-corrected chi connectivity index (χ4v) is 0.891. The molecule has 0 aliphatic rings. The summed E-state index contributed by atoms with van der Waals surface area (Å²) in [5.41, 5.74) is 0.450. The normalized spacial score (nSPS) is 9.38. The molecule has 0 saturated heterocycles. The molecule has 0 aromatic heterocycles. The molecule has 0 radical (unpaired) electrons. The van der Waals surface area contributed by atoms with Crippen LogP contribution in [-0.2, 0) is 0 Å². The van der Waals surface area contributed by atoms with E-state index in [0.29, 0.717) is 17.8 Å². The molecule has 4 heteroatoms. The lowest BCUT2D eigenvalue weighted by molar-refractivity contribution is 0.363. The zero-order valence-corrected chi connectivity index (χ0v) is 7.18. The molecule has 0 bridgehead atoms. The first-order valence-electron chi connectivity index (χ1n) is 3.94. The van der Waals surface area contributed by atoms with Crippen molar-refractivity contribution >= 4 is 12.6 Å². The van der Waals surface area contributed by atoms with Crippen molar-refractivity contribution in [1.82, 2.24) is 0 Å². The van der Waals surface area contributed by atoms with Crippen molar-refractivity contribution in [2.24, 2.45) is 0 Å². The molecule has 0 amide bonds. The van der Waals surface area contributed by atoms with Gasteiger partial charge in [-0.05, 0) is 17.6 Å². The Kier molecular flexibility index (Phi) is 3.55. The van der Waals surface area contributed by atoms with Crippen LogP contribution < -0.4 is 10.2 Å². The molecule has 68 valence electrons. The van der Waals surface area contributed by atoms with Crippen LogP contribution in [0.25, 0.3) is 0 Å². The summed E-state index contributed by atoms with van der Waals surface area (Å²) in [5, 5.41) is 17.6. The second kappa shape index (κ2) is 4.69. The topological polar surface area (TPSA) is 49.7 Å². The Labute approximate surface area is 77.4 Å². The molecule has 0 aliphatic heterocycles. The largest absolute Gasteiger partial charge is 0.490 e. The standard InChI is InChI=1S/C9H11BO3/c1-2-7-13-9-5-3-8(4-6-9)10(11)12/h2-6,11-12H,1,7H2. The summed E-state index contributed by atoms with van der Waals surface area (Å²) in [6.07, 6.45) is 1.65. The van der Waals surface area contributed by atoms with Crippen molar-refractivity contribution in [3.8, 4) is 5.75 Å². The van der Waals surface area contributed by atoms with E-state index in [1.165, 1.54) is 0 Å². The molecule has 0 spiro atoms. The maximum absolute atomic E-state index is 8.79. The highest BCUT2D eigenvalue weighted by molar-refractivity contribution is 6.58. The minimum absolute atomic E-state index is 0.445. The second-order valence-corrected chi connectivity index (χ2v) is 2.54. The summed E-state index contributed by atoms with van der Waals surface area (Å²) in [6, 6.07) is 6.56. The zero-order valence-electron chi connectivity index (χ0n) is 7.18. The fourth-order valence-electron chi connectivity index (χ4n) is 0.891. The van der Waals surface area contributed by atoms with Crippen LogP contribution in [0, 0.1) is 0 Å². The van der Waals surface area contributed by atoms with Crippen LogP contribution in [0.3, 0.4) is 0 Å². The van der Waals surface area contributed by atoms with Crippen LogP contribution in [-0.4, -0.2) is 23.8 Å². The van der Waals surface area contributed by atoms with Gasteiger partial charge >= 0.3 is 7.12 Å². The summed E-state index contributed by atoms with van der Waals surface area (Å²) in [6.45, 7) is 3.96. The van der Waals surface area contributed by atoms with E-state index in [1.807, 2.05) is 0 Å². The van der Waals surface area contributed by atoms with Gasteiger partial charge in [0.1, 0.15) is 12.4 Å². The van der Waals surface area contributed by atoms with Gasteiger partial charge in [0.25, 0.3) is 0 Å². The molecule has 0 aliphatic carbocycles. The Morgan fingerprint density at radius 3 is 2.38 bits per heavy atom. The molecule has 3 nitrogen and oxygen atoms in total. The van der Waals surface area contributed by atoms with E-state index in [4.69, 9.17) is 14.8 Å². The molecular weight excluding hydrogens is 167 g/mol. The molecule has 1 rings (SSSR count). The summed E-state index contributed by atoms with van der Waals surface area (Å²) >= 11 is 0. The quantitative estimate of drug-likeness (QED) is 0.501. The highest BCUT2D eigenvalue weighted by Crippen LogP contribution is 2.07. The van der Waals surface area contributed by atoms with Crippen molar-refractivity contribution in [3.05, 3.63) is 36.9 Å². The third-order valence-electron chi connectivity index (χ3n) is 1.55. The summed E-state index contributed by atoms with van der Waals surface area (Å²) in [5.74, 6) is 0.685. The molecule has 1 aromatic rings. The molecule has 0 saturated carbocycles. The third kappa shape index (κ3) is 2.93. The van der Waals surface area contributed by atoms with Gasteiger partial charge in [0.15, 0.2) is 0 Å². The van der Waals surface area contributed by atoms with E-state index in [1.54, 1.807) is 30.3 Å². The lowest BCUT2D eigenvalue weighted by atomic mass is 9.80. The smallest absolute Gasteiger partial charge is 0.488 e. The molecular formula is C9H11BO3. The highest BCUT2D eigenvalue weighted by Gasteiger charge is 2.09. The first kappa shape index (κ1) is 9.83. The number of hydrogen-bond donors (Lipinski definition) is 2. The third-order valence-corrected chi connectivity index (χ3v) is 1.55. The predicted octanol–water partition coefficient (Wildman–Crippen LogP) is -0.0688. The minimum Gasteiger partial charge on any atom is -0.490 e. The first-order valence-corrected chi connectivity index (χ1v) is 3.94. The van der Waals surface area contributed by atoms with E-state index in [2.05, 4.69) is 6.58 Å². The van der Waals surface area contributed by atoms with Gasteiger partial charge in [-0.1, -0.05) is 24.8 Å². The number of benzene rings is 1. The van der Waals surface area contributed by atoms with E-state index in [9.17, 15) is 0 Å². The summed E-state index contributed by atoms with van der Waals surface area (Å²) in [7, 11) is -1.42. The lowest BCUT2D eigenvalue weighted by Gasteiger charge is -2.03. The van der Waals surface area contributed by atoms with Crippen molar-refractivity contribution in [1.29, 1.82) is 0 Å². The van der Waals surface area contributed by atoms with Crippen LogP contribution in [0.15, 0.2) is 36.9 Å². The van der Waals surface area contributed by atoms with Crippen molar-refractivity contribution in [2.45, 2.75) is 0 Å². The average molecular weight is 178 g/mol. The van der Waals surface area contributed by atoms with Gasteiger partial charge in [-0.15, -0.1) is 0 Å². The van der Waals surface area contributed by atoms with Crippen LogP contribution in [0.1, 0.15) is 0 Å². The Bertz CT molecular complexity index is 269. The molecule has 0 atom stereocenters. The Morgan fingerprint density at radius 2 is 1.92 bits per heavy atom. The number of hydrogen-bond acceptors (Lipinski definition) is 3. The molecule has 1 aromatic carbocycles. The SMILES string of the molecule is C=CCOc1ccc(B(O)O)cc1. The monoisotopic (exact) mass is 178 g/mol. The lowest BCUT2D eigenvalue weighted by Crippen LogP contribution is -2.29. The molecule has 2 N–H and O–H groups in total. The van der Waals surface area contributed by atoms with Crippen LogP contribution in [0.2, 0.25) is 0 Å². The molecule has 13 heavy (non-hydrogen) atoms. The fraction of sp³-hybridized carbons (Fsp3) is 0.111. The van der Waals surface area contributed by atoms with E-state index >= 15 is 0 Å². The first-order chi connectivity index (χ1) is 6.24. The summed E-state index contributed by atoms with van der Waals surface area (Å²) < 4.78 is 5.21. The second-order valence-electron chi connectivity index (χ2n) is 2.54. The Hall–Kier alpha value is -1.26. The maximum Gasteiger partial charge on any atom is 0.488 e. The predicted molar refractivity (Wildman–Crippen MR) is 52.0 cm³/mol. The Morgan fingerprint density at radius 1 is 1.31 bits per heavy atom. The molecule has 0 fully saturated rings. The summed E-state index contributed by atoms with van der Waals surface area (Å²) in [4.78, 5) is 0. The van der Waals surface area contributed by atoms with Gasteiger partial charge in [-0.25, -0.2) is 0 Å². The van der Waals surface area contributed by atoms with Gasteiger partial charge in [0, 0.05) is 0 Å². The van der Waals surface area contributed by atoms with E-state index in [0.717, 1.165) is 0 Å². The van der Waals surface area contributed by atoms with Gasteiger partial charge in [0.2, 0.25) is 0 Å². The Balaban J connectivity index is 2.64. The number of ether oxygens (including phenoxy) is 1. The van der Waals surface area contributed by atoms with Gasteiger partial charge in [0.05, 0.1) is 0 Å². The van der Waals surface area contributed by atoms with Crippen LogP contribution >= 0.6 is 0 Å². The van der Waals surface area contributed by atoms with Crippen molar-refractivity contribution < 1.29 is 14.8 Å². The van der Waals surface area contributed by atoms with Crippen molar-refractivity contribution in [3.63, 3.8) is 0 Å². The maximum atomic E-state index is 8.79. The number of rotatable bonds is 4. The van der Waals surface area contributed by atoms with Gasteiger partial charge in [-0.3, -0.25) is 0 Å². The van der Waals surface area contributed by atoms with Crippen LogP contribution in [0.5, 0.6) is 5.75 Å². The highest BCUT2D eigenvalue weighted by atomic mass is 16.5. The van der Waals surface area contributed by atoms with Gasteiger partial charge in [-0.2, -0.15) is 0 Å². The zero-order chi connectivity index (χ0) is 9.68. The van der Waals surface area contributed by atoms with E-state index in [-0.39, 0.29) is 0 Å². The van der Waals surface area contributed by atoms with Crippen LogP contribution in [0.4, 0.5) is 0 Å². The van der Waals surface area contributed by atoms with E-state index < -0.39 is 7.12 Å². The average Bonchev–Trinajstić information content (AvgIpc) is 2.15. The van der Waals surface area contributed by atoms with Gasteiger partial charge < -0.3 is 14.8 Å².